The number of esters is 1. The first kappa shape index (κ1) is 15.6. The van der Waals surface area contributed by atoms with Gasteiger partial charge in [-0.1, -0.05) is 23.2 Å². The van der Waals surface area contributed by atoms with Crippen LogP contribution < -0.4 is 10.1 Å². The Labute approximate surface area is 120 Å². The number of rotatable bonds is 5. The standard InChI is InChI=1S/C12H13Cl2NO4/c1-7(12(17)18-2)15-11(16)6-19-10-4-3-8(13)5-9(10)14/h3-5,7H,6H2,1-2H3,(H,15,16). The van der Waals surface area contributed by atoms with Gasteiger partial charge in [0.1, 0.15) is 11.8 Å². The number of carbonyl (C=O) groups excluding carboxylic acids is 2. The monoisotopic (exact) mass is 305 g/mol. The van der Waals surface area contributed by atoms with E-state index in [0.717, 1.165) is 0 Å². The molecular formula is C12H13Cl2NO4. The molecule has 0 aliphatic rings. The fourth-order valence-corrected chi connectivity index (χ4v) is 1.72. The second-order valence-corrected chi connectivity index (χ2v) is 4.52. The molecule has 0 bridgehead atoms. The van der Waals surface area contributed by atoms with Gasteiger partial charge in [-0.3, -0.25) is 4.79 Å². The predicted octanol–water partition coefficient (Wildman–Crippen LogP) is 2.05. The first-order valence-electron chi connectivity index (χ1n) is 5.39. The van der Waals surface area contributed by atoms with Crippen molar-refractivity contribution < 1.29 is 19.1 Å². The van der Waals surface area contributed by atoms with Crippen molar-refractivity contribution in [1.82, 2.24) is 5.32 Å². The zero-order valence-corrected chi connectivity index (χ0v) is 11.9. The lowest BCUT2D eigenvalue weighted by Crippen LogP contribution is -2.41. The van der Waals surface area contributed by atoms with E-state index in [0.29, 0.717) is 15.8 Å². The van der Waals surface area contributed by atoms with Crippen LogP contribution in [0.5, 0.6) is 5.75 Å². The Balaban J connectivity index is 2.48. The molecule has 1 atom stereocenters. The van der Waals surface area contributed by atoms with Gasteiger partial charge < -0.3 is 14.8 Å². The van der Waals surface area contributed by atoms with Crippen LogP contribution in [-0.4, -0.2) is 31.6 Å². The third-order valence-corrected chi connectivity index (χ3v) is 2.72. The highest BCUT2D eigenvalue weighted by Crippen LogP contribution is 2.27. The zero-order chi connectivity index (χ0) is 14.4. The van der Waals surface area contributed by atoms with Crippen molar-refractivity contribution in [3.63, 3.8) is 0 Å². The predicted molar refractivity (Wildman–Crippen MR) is 71.6 cm³/mol. The van der Waals surface area contributed by atoms with Crippen molar-refractivity contribution in [2.45, 2.75) is 13.0 Å². The van der Waals surface area contributed by atoms with E-state index in [1.807, 2.05) is 0 Å². The molecule has 0 aliphatic carbocycles. The number of nitrogens with one attached hydrogen (secondary N) is 1. The molecule has 7 heteroatoms. The quantitative estimate of drug-likeness (QED) is 0.846. The Bertz CT molecular complexity index is 479. The summed E-state index contributed by atoms with van der Waals surface area (Å²) in [5.41, 5.74) is 0. The van der Waals surface area contributed by atoms with Crippen LogP contribution in [0.2, 0.25) is 10.0 Å². The molecule has 0 saturated carbocycles. The van der Waals surface area contributed by atoms with Crippen LogP contribution in [0.25, 0.3) is 0 Å². The van der Waals surface area contributed by atoms with Crippen molar-refractivity contribution in [3.8, 4) is 5.75 Å². The van der Waals surface area contributed by atoms with E-state index in [1.165, 1.54) is 20.1 Å². The smallest absolute Gasteiger partial charge is 0.328 e. The highest BCUT2D eigenvalue weighted by Gasteiger charge is 2.16. The summed E-state index contributed by atoms with van der Waals surface area (Å²) in [5.74, 6) is -0.645. The van der Waals surface area contributed by atoms with Gasteiger partial charge >= 0.3 is 5.97 Å². The molecule has 0 fully saturated rings. The van der Waals surface area contributed by atoms with Gasteiger partial charge in [-0.15, -0.1) is 0 Å². The lowest BCUT2D eigenvalue weighted by Gasteiger charge is -2.12. The minimum atomic E-state index is -0.734. The average Bonchev–Trinajstić information content (AvgIpc) is 2.36. The Hall–Kier alpha value is -1.46. The molecule has 19 heavy (non-hydrogen) atoms. The van der Waals surface area contributed by atoms with E-state index in [-0.39, 0.29) is 6.61 Å². The van der Waals surface area contributed by atoms with Crippen LogP contribution in [0.1, 0.15) is 6.92 Å². The highest BCUT2D eigenvalue weighted by atomic mass is 35.5. The molecular weight excluding hydrogens is 293 g/mol. The average molecular weight is 306 g/mol. The summed E-state index contributed by atoms with van der Waals surface area (Å²) in [4.78, 5) is 22.6. The normalized spacial score (nSPS) is 11.6. The highest BCUT2D eigenvalue weighted by molar-refractivity contribution is 6.35. The van der Waals surface area contributed by atoms with Gasteiger partial charge in [-0.05, 0) is 25.1 Å². The van der Waals surface area contributed by atoms with E-state index in [1.54, 1.807) is 12.1 Å². The van der Waals surface area contributed by atoms with Crippen LogP contribution in [0, 0.1) is 0 Å². The van der Waals surface area contributed by atoms with Crippen LogP contribution in [0.3, 0.4) is 0 Å². The van der Waals surface area contributed by atoms with Crippen LogP contribution in [-0.2, 0) is 14.3 Å². The molecule has 0 aromatic heterocycles. The number of amides is 1. The Kier molecular flexibility index (Phi) is 5.92. The van der Waals surface area contributed by atoms with Gasteiger partial charge in [0, 0.05) is 5.02 Å². The third kappa shape index (κ3) is 4.96. The number of ether oxygens (including phenoxy) is 2. The van der Waals surface area contributed by atoms with Crippen molar-refractivity contribution in [3.05, 3.63) is 28.2 Å². The van der Waals surface area contributed by atoms with Crippen LogP contribution >= 0.6 is 23.2 Å². The molecule has 0 spiro atoms. The Morgan fingerprint density at radius 3 is 2.63 bits per heavy atom. The zero-order valence-electron chi connectivity index (χ0n) is 10.4. The summed E-state index contributed by atoms with van der Waals surface area (Å²) in [6.45, 7) is 1.25. The summed E-state index contributed by atoms with van der Waals surface area (Å²) >= 11 is 11.6. The Morgan fingerprint density at radius 1 is 1.37 bits per heavy atom. The maximum absolute atomic E-state index is 11.5. The van der Waals surface area contributed by atoms with Gasteiger partial charge in [0.2, 0.25) is 0 Å². The van der Waals surface area contributed by atoms with Gasteiger partial charge in [0.05, 0.1) is 12.1 Å². The molecule has 0 radical (unpaired) electrons. The minimum absolute atomic E-state index is 0.261. The first-order valence-corrected chi connectivity index (χ1v) is 6.14. The second kappa shape index (κ2) is 7.21. The van der Waals surface area contributed by atoms with Gasteiger partial charge in [-0.25, -0.2) is 4.79 Å². The minimum Gasteiger partial charge on any atom is -0.482 e. The number of halogens is 2. The number of carbonyl (C=O) groups is 2. The van der Waals surface area contributed by atoms with Gasteiger partial charge in [-0.2, -0.15) is 0 Å². The molecule has 5 nitrogen and oxygen atoms in total. The molecule has 1 aromatic carbocycles. The SMILES string of the molecule is COC(=O)C(C)NC(=O)COc1ccc(Cl)cc1Cl. The van der Waals surface area contributed by atoms with Crippen LogP contribution in [0.15, 0.2) is 18.2 Å². The molecule has 1 N–H and O–H groups in total. The first-order chi connectivity index (χ1) is 8.93. The number of hydrogen-bond donors (Lipinski definition) is 1. The van der Waals surface area contributed by atoms with E-state index in [4.69, 9.17) is 27.9 Å². The Morgan fingerprint density at radius 2 is 2.05 bits per heavy atom. The summed E-state index contributed by atoms with van der Waals surface area (Å²) in [6.07, 6.45) is 0. The molecule has 0 saturated heterocycles. The lowest BCUT2D eigenvalue weighted by molar-refractivity contribution is -0.144. The van der Waals surface area contributed by atoms with E-state index < -0.39 is 17.9 Å². The fourth-order valence-electron chi connectivity index (χ4n) is 1.25. The summed E-state index contributed by atoms with van der Waals surface area (Å²) in [5, 5.41) is 3.20. The van der Waals surface area contributed by atoms with E-state index in [2.05, 4.69) is 10.1 Å². The maximum Gasteiger partial charge on any atom is 0.328 e. The molecule has 1 unspecified atom stereocenters. The third-order valence-electron chi connectivity index (χ3n) is 2.18. The van der Waals surface area contributed by atoms with Gasteiger partial charge in [0.25, 0.3) is 5.91 Å². The number of benzene rings is 1. The molecule has 0 heterocycles. The van der Waals surface area contributed by atoms with Gasteiger partial charge in [0.15, 0.2) is 6.61 Å². The van der Waals surface area contributed by atoms with Crippen LogP contribution in [0.4, 0.5) is 0 Å². The molecule has 0 aliphatic heterocycles. The number of hydrogen-bond acceptors (Lipinski definition) is 4. The van der Waals surface area contributed by atoms with Crippen molar-refractivity contribution in [1.29, 1.82) is 0 Å². The second-order valence-electron chi connectivity index (χ2n) is 3.68. The summed E-state index contributed by atoms with van der Waals surface area (Å²) in [7, 11) is 1.25. The fraction of sp³-hybridized carbons (Fsp3) is 0.333. The maximum atomic E-state index is 11.5. The van der Waals surface area contributed by atoms with Crippen molar-refractivity contribution in [2.75, 3.05) is 13.7 Å². The molecule has 1 amide bonds. The molecule has 1 rings (SSSR count). The number of methoxy groups -OCH3 is 1. The van der Waals surface area contributed by atoms with Crippen molar-refractivity contribution >= 4 is 35.1 Å². The largest absolute Gasteiger partial charge is 0.482 e. The van der Waals surface area contributed by atoms with E-state index in [9.17, 15) is 9.59 Å². The topological polar surface area (TPSA) is 64.6 Å². The lowest BCUT2D eigenvalue weighted by atomic mass is 10.3. The summed E-state index contributed by atoms with van der Waals surface area (Å²) < 4.78 is 9.69. The van der Waals surface area contributed by atoms with Crippen molar-refractivity contribution in [2.24, 2.45) is 0 Å². The van der Waals surface area contributed by atoms with E-state index >= 15 is 0 Å². The molecule has 1 aromatic rings. The summed E-state index contributed by atoms with van der Waals surface area (Å²) in [6, 6.07) is 3.93. The molecule has 104 valence electrons.